The second-order valence-electron chi connectivity index (χ2n) is 5.62. The predicted molar refractivity (Wildman–Crippen MR) is 73.4 cm³/mol. The number of likely N-dealkylation sites (N-methyl/N-ethyl adjacent to an activating group) is 1. The number of benzene rings is 1. The Labute approximate surface area is 113 Å². The minimum absolute atomic E-state index is 0.0250. The molecule has 0 aromatic heterocycles. The monoisotopic (exact) mass is 260 g/mol. The molecule has 0 bridgehead atoms. The Morgan fingerprint density at radius 2 is 1.89 bits per heavy atom. The number of carbonyl (C=O) groups excluding carboxylic acids is 2. The zero-order valence-electron chi connectivity index (χ0n) is 11.6. The molecule has 1 fully saturated rings. The molecule has 2 amide bonds. The van der Waals surface area contributed by atoms with Crippen LogP contribution in [0.1, 0.15) is 31.9 Å². The number of hydrogen-bond acceptors (Lipinski definition) is 3. The first-order chi connectivity index (χ1) is 8.95. The molecule has 0 aliphatic carbocycles. The Kier molecular flexibility index (Phi) is 3.71. The molecular weight excluding hydrogens is 240 g/mol. The van der Waals surface area contributed by atoms with Crippen molar-refractivity contribution in [2.45, 2.75) is 26.3 Å². The van der Waals surface area contributed by atoms with E-state index in [1.54, 1.807) is 0 Å². The van der Waals surface area contributed by atoms with Crippen LogP contribution >= 0.6 is 0 Å². The fourth-order valence-electron chi connectivity index (χ4n) is 2.44. The number of nitrogens with zero attached hydrogens (tertiary/aromatic N) is 1. The van der Waals surface area contributed by atoms with Crippen LogP contribution in [0.2, 0.25) is 0 Å². The van der Waals surface area contributed by atoms with Gasteiger partial charge in [-0.05, 0) is 12.6 Å². The SMILES string of the molecule is CNC(CN1C(=O)CC(C)(C)C1=O)c1ccccc1. The van der Waals surface area contributed by atoms with Gasteiger partial charge in [-0.1, -0.05) is 44.2 Å². The van der Waals surface area contributed by atoms with E-state index < -0.39 is 5.41 Å². The third-order valence-corrected chi connectivity index (χ3v) is 3.63. The second-order valence-corrected chi connectivity index (χ2v) is 5.62. The summed E-state index contributed by atoms with van der Waals surface area (Å²) in [5, 5.41) is 3.17. The minimum Gasteiger partial charge on any atom is -0.312 e. The molecule has 4 nitrogen and oxygen atoms in total. The molecule has 4 heteroatoms. The van der Waals surface area contributed by atoms with Gasteiger partial charge in [0.25, 0.3) is 0 Å². The molecule has 1 atom stereocenters. The summed E-state index contributed by atoms with van der Waals surface area (Å²) in [6, 6.07) is 9.83. The van der Waals surface area contributed by atoms with Crippen LogP contribution < -0.4 is 5.32 Å². The van der Waals surface area contributed by atoms with E-state index in [1.807, 2.05) is 51.2 Å². The summed E-state index contributed by atoms with van der Waals surface area (Å²) in [4.78, 5) is 25.5. The van der Waals surface area contributed by atoms with Crippen molar-refractivity contribution in [1.29, 1.82) is 0 Å². The van der Waals surface area contributed by atoms with Crippen LogP contribution in [0, 0.1) is 5.41 Å². The van der Waals surface area contributed by atoms with Crippen molar-refractivity contribution in [2.24, 2.45) is 5.41 Å². The maximum atomic E-state index is 12.2. The molecule has 1 aliphatic rings. The Bertz CT molecular complexity index is 482. The average molecular weight is 260 g/mol. The van der Waals surface area contributed by atoms with Gasteiger partial charge in [0, 0.05) is 13.0 Å². The van der Waals surface area contributed by atoms with E-state index in [0.717, 1.165) is 5.56 Å². The summed E-state index contributed by atoms with van der Waals surface area (Å²) >= 11 is 0. The van der Waals surface area contributed by atoms with E-state index in [1.165, 1.54) is 4.90 Å². The number of amides is 2. The quantitative estimate of drug-likeness (QED) is 0.839. The van der Waals surface area contributed by atoms with Gasteiger partial charge in [-0.25, -0.2) is 0 Å². The largest absolute Gasteiger partial charge is 0.312 e. The summed E-state index contributed by atoms with van der Waals surface area (Å²) in [7, 11) is 1.84. The van der Waals surface area contributed by atoms with Gasteiger partial charge in [-0.15, -0.1) is 0 Å². The second kappa shape index (κ2) is 5.13. The standard InChI is InChI=1S/C15H20N2O2/c1-15(2)9-13(18)17(14(15)19)10-12(16-3)11-7-5-4-6-8-11/h4-8,12,16H,9-10H2,1-3H3. The van der Waals surface area contributed by atoms with Gasteiger partial charge in [0.15, 0.2) is 0 Å². The lowest BCUT2D eigenvalue weighted by Gasteiger charge is -2.24. The fraction of sp³-hybridized carbons (Fsp3) is 0.467. The lowest BCUT2D eigenvalue weighted by molar-refractivity contribution is -0.141. The van der Waals surface area contributed by atoms with Crippen molar-refractivity contribution in [3.63, 3.8) is 0 Å². The van der Waals surface area contributed by atoms with Crippen LogP contribution in [0.25, 0.3) is 0 Å². The Morgan fingerprint density at radius 1 is 1.26 bits per heavy atom. The third kappa shape index (κ3) is 2.68. The summed E-state index contributed by atoms with van der Waals surface area (Å²) < 4.78 is 0. The van der Waals surface area contributed by atoms with Gasteiger partial charge in [-0.3, -0.25) is 14.5 Å². The Morgan fingerprint density at radius 3 is 2.37 bits per heavy atom. The normalized spacial score (nSPS) is 19.8. The number of rotatable bonds is 4. The minimum atomic E-state index is -0.563. The molecule has 0 saturated carbocycles. The number of imide groups is 1. The fourth-order valence-corrected chi connectivity index (χ4v) is 2.44. The highest BCUT2D eigenvalue weighted by atomic mass is 16.2. The first kappa shape index (κ1) is 13.7. The van der Waals surface area contributed by atoms with E-state index in [0.29, 0.717) is 13.0 Å². The Balaban J connectivity index is 2.16. The number of carbonyl (C=O) groups is 2. The van der Waals surface area contributed by atoms with Gasteiger partial charge in [0.1, 0.15) is 0 Å². The van der Waals surface area contributed by atoms with Crippen LogP contribution in [0.4, 0.5) is 0 Å². The number of hydrogen-bond donors (Lipinski definition) is 1. The molecular formula is C15H20N2O2. The molecule has 19 heavy (non-hydrogen) atoms. The Hall–Kier alpha value is -1.68. The highest BCUT2D eigenvalue weighted by molar-refractivity contribution is 6.05. The molecule has 1 heterocycles. The van der Waals surface area contributed by atoms with E-state index in [2.05, 4.69) is 5.32 Å². The zero-order chi connectivity index (χ0) is 14.0. The first-order valence-electron chi connectivity index (χ1n) is 6.53. The van der Waals surface area contributed by atoms with Crippen molar-refractivity contribution in [2.75, 3.05) is 13.6 Å². The van der Waals surface area contributed by atoms with Crippen molar-refractivity contribution in [3.05, 3.63) is 35.9 Å². The van der Waals surface area contributed by atoms with Crippen molar-refractivity contribution in [1.82, 2.24) is 10.2 Å². The van der Waals surface area contributed by atoms with Crippen LogP contribution in [0.5, 0.6) is 0 Å². The summed E-state index contributed by atoms with van der Waals surface area (Å²) in [5.74, 6) is -0.153. The molecule has 1 aliphatic heterocycles. The molecule has 0 radical (unpaired) electrons. The highest BCUT2D eigenvalue weighted by Gasteiger charge is 2.45. The molecule has 1 N–H and O–H groups in total. The summed E-state index contributed by atoms with van der Waals surface area (Å²) in [6.07, 6.45) is 0.303. The van der Waals surface area contributed by atoms with Crippen LogP contribution in [0.3, 0.4) is 0 Å². The molecule has 0 spiro atoms. The van der Waals surface area contributed by atoms with Crippen molar-refractivity contribution >= 4 is 11.8 Å². The number of likely N-dealkylation sites (tertiary alicyclic amines) is 1. The molecule has 1 unspecified atom stereocenters. The average Bonchev–Trinajstić information content (AvgIpc) is 2.58. The summed E-state index contributed by atoms with van der Waals surface area (Å²) in [6.45, 7) is 4.04. The maximum absolute atomic E-state index is 12.2. The van der Waals surface area contributed by atoms with E-state index in [9.17, 15) is 9.59 Å². The third-order valence-electron chi connectivity index (χ3n) is 3.63. The first-order valence-corrected chi connectivity index (χ1v) is 6.53. The summed E-state index contributed by atoms with van der Waals surface area (Å²) in [5.41, 5.74) is 0.516. The van der Waals surface area contributed by atoms with Gasteiger partial charge in [-0.2, -0.15) is 0 Å². The van der Waals surface area contributed by atoms with Crippen molar-refractivity contribution in [3.8, 4) is 0 Å². The van der Waals surface area contributed by atoms with E-state index in [4.69, 9.17) is 0 Å². The van der Waals surface area contributed by atoms with Gasteiger partial charge >= 0.3 is 0 Å². The molecule has 2 rings (SSSR count). The topological polar surface area (TPSA) is 49.4 Å². The van der Waals surface area contributed by atoms with Crippen LogP contribution in [-0.4, -0.2) is 30.3 Å². The number of nitrogens with one attached hydrogen (secondary N) is 1. The van der Waals surface area contributed by atoms with Gasteiger partial charge in [0.2, 0.25) is 11.8 Å². The van der Waals surface area contributed by atoms with E-state index >= 15 is 0 Å². The highest BCUT2D eigenvalue weighted by Crippen LogP contribution is 2.32. The molecule has 1 aromatic carbocycles. The van der Waals surface area contributed by atoms with Crippen molar-refractivity contribution < 1.29 is 9.59 Å². The lowest BCUT2D eigenvalue weighted by atomic mass is 9.92. The molecule has 1 aromatic rings. The predicted octanol–water partition coefficient (Wildman–Crippen LogP) is 1.73. The zero-order valence-corrected chi connectivity index (χ0v) is 11.6. The van der Waals surface area contributed by atoms with Gasteiger partial charge < -0.3 is 5.32 Å². The molecule has 1 saturated heterocycles. The maximum Gasteiger partial charge on any atom is 0.235 e. The molecule has 102 valence electrons. The van der Waals surface area contributed by atoms with Crippen LogP contribution in [0.15, 0.2) is 30.3 Å². The van der Waals surface area contributed by atoms with E-state index in [-0.39, 0.29) is 17.9 Å². The smallest absolute Gasteiger partial charge is 0.235 e. The lowest BCUT2D eigenvalue weighted by Crippen LogP contribution is -2.39. The van der Waals surface area contributed by atoms with Crippen LogP contribution in [-0.2, 0) is 9.59 Å². The van der Waals surface area contributed by atoms with Gasteiger partial charge in [0.05, 0.1) is 11.5 Å².